The van der Waals surface area contributed by atoms with Crippen molar-refractivity contribution in [3.63, 3.8) is 0 Å². The van der Waals surface area contributed by atoms with Crippen molar-refractivity contribution in [2.75, 3.05) is 20.3 Å². The van der Waals surface area contributed by atoms with Crippen LogP contribution in [0.1, 0.15) is 10.4 Å². The van der Waals surface area contributed by atoms with Crippen molar-refractivity contribution < 1.29 is 24.2 Å². The van der Waals surface area contributed by atoms with Gasteiger partial charge >= 0.3 is 12.1 Å². The van der Waals surface area contributed by atoms with Crippen LogP contribution < -0.4 is 15.6 Å². The molecule has 0 saturated heterocycles. The zero-order chi connectivity index (χ0) is 13.4. The van der Waals surface area contributed by atoms with Crippen molar-refractivity contribution in [2.24, 2.45) is 0 Å². The summed E-state index contributed by atoms with van der Waals surface area (Å²) in [7, 11) is 1.31. The standard InChI is InChI=1S/C11H14N2O5/c1-17-10(14)8-2-4-9(5-3-8)18-7-6-12-13-11(15)16/h2-5,12-13H,6-7H2,1H3,(H,15,16). The summed E-state index contributed by atoms with van der Waals surface area (Å²) in [6, 6.07) is 6.45. The zero-order valence-corrected chi connectivity index (χ0v) is 9.80. The van der Waals surface area contributed by atoms with E-state index in [-0.39, 0.29) is 6.61 Å². The number of carbonyl (C=O) groups excluding carboxylic acids is 1. The van der Waals surface area contributed by atoms with E-state index in [1.165, 1.54) is 7.11 Å². The first-order valence-electron chi connectivity index (χ1n) is 5.16. The van der Waals surface area contributed by atoms with Gasteiger partial charge in [-0.3, -0.25) is 5.43 Å². The van der Waals surface area contributed by atoms with Gasteiger partial charge in [-0.15, -0.1) is 0 Å². The van der Waals surface area contributed by atoms with Gasteiger partial charge in [-0.05, 0) is 24.3 Å². The van der Waals surface area contributed by atoms with Crippen LogP contribution in [0.3, 0.4) is 0 Å². The average Bonchev–Trinajstić information content (AvgIpc) is 2.38. The molecular formula is C11H14N2O5. The molecule has 0 fully saturated rings. The number of ether oxygens (including phenoxy) is 2. The van der Waals surface area contributed by atoms with Gasteiger partial charge in [-0.25, -0.2) is 15.0 Å². The number of benzene rings is 1. The van der Waals surface area contributed by atoms with Gasteiger partial charge in [0.05, 0.1) is 12.7 Å². The summed E-state index contributed by atoms with van der Waals surface area (Å²) in [6.07, 6.45) is -1.16. The van der Waals surface area contributed by atoms with Gasteiger partial charge in [-0.2, -0.15) is 0 Å². The summed E-state index contributed by atoms with van der Waals surface area (Å²) in [5.74, 6) is 0.175. The number of hydrogen-bond acceptors (Lipinski definition) is 5. The predicted molar refractivity (Wildman–Crippen MR) is 62.4 cm³/mol. The van der Waals surface area contributed by atoms with E-state index in [0.717, 1.165) is 0 Å². The van der Waals surface area contributed by atoms with E-state index in [1.54, 1.807) is 24.3 Å². The second kappa shape index (κ2) is 7.13. The number of rotatable bonds is 6. The van der Waals surface area contributed by atoms with E-state index >= 15 is 0 Å². The minimum Gasteiger partial charge on any atom is -0.492 e. The smallest absolute Gasteiger partial charge is 0.419 e. The molecule has 0 aliphatic carbocycles. The molecule has 0 bridgehead atoms. The van der Waals surface area contributed by atoms with Crippen LogP contribution in [0.25, 0.3) is 0 Å². The molecule has 98 valence electrons. The number of methoxy groups -OCH3 is 1. The fourth-order valence-corrected chi connectivity index (χ4v) is 1.16. The SMILES string of the molecule is COC(=O)c1ccc(OCCNNC(=O)O)cc1. The van der Waals surface area contributed by atoms with Crippen LogP contribution >= 0.6 is 0 Å². The maximum Gasteiger partial charge on any atom is 0.419 e. The van der Waals surface area contributed by atoms with Crippen LogP contribution in [0, 0.1) is 0 Å². The molecule has 0 aromatic heterocycles. The lowest BCUT2D eigenvalue weighted by Gasteiger charge is -2.07. The molecule has 1 amide bonds. The summed E-state index contributed by atoms with van der Waals surface area (Å²) in [5, 5.41) is 8.28. The van der Waals surface area contributed by atoms with Gasteiger partial charge in [-0.1, -0.05) is 0 Å². The first kappa shape index (κ1) is 13.8. The fraction of sp³-hybridized carbons (Fsp3) is 0.273. The van der Waals surface area contributed by atoms with Crippen molar-refractivity contribution >= 4 is 12.1 Å². The summed E-state index contributed by atoms with van der Waals surface area (Å²) >= 11 is 0. The Morgan fingerprint density at radius 2 is 1.94 bits per heavy atom. The fourth-order valence-electron chi connectivity index (χ4n) is 1.16. The van der Waals surface area contributed by atoms with Gasteiger partial charge in [0.1, 0.15) is 12.4 Å². The van der Waals surface area contributed by atoms with E-state index in [1.807, 2.05) is 5.43 Å². The van der Waals surface area contributed by atoms with Gasteiger partial charge in [0.2, 0.25) is 0 Å². The third-order valence-electron chi connectivity index (χ3n) is 1.97. The molecule has 3 N–H and O–H groups in total. The van der Waals surface area contributed by atoms with Crippen molar-refractivity contribution in [3.8, 4) is 5.75 Å². The number of nitrogens with one attached hydrogen (secondary N) is 2. The van der Waals surface area contributed by atoms with Gasteiger partial charge < -0.3 is 14.6 Å². The Hall–Kier alpha value is -2.28. The molecule has 0 atom stereocenters. The second-order valence-corrected chi connectivity index (χ2v) is 3.22. The highest BCUT2D eigenvalue weighted by Gasteiger charge is 2.04. The lowest BCUT2D eigenvalue weighted by atomic mass is 10.2. The van der Waals surface area contributed by atoms with Crippen LogP contribution in [0.2, 0.25) is 0 Å². The predicted octanol–water partition coefficient (Wildman–Crippen LogP) is 0.624. The molecule has 0 radical (unpaired) electrons. The molecule has 7 nitrogen and oxygen atoms in total. The average molecular weight is 254 g/mol. The highest BCUT2D eigenvalue weighted by atomic mass is 16.5. The Labute approximate surface area is 104 Å². The molecule has 18 heavy (non-hydrogen) atoms. The summed E-state index contributed by atoms with van der Waals surface area (Å²) in [5.41, 5.74) is 4.87. The lowest BCUT2D eigenvalue weighted by molar-refractivity contribution is 0.0600. The molecule has 7 heteroatoms. The van der Waals surface area contributed by atoms with Crippen LogP contribution in [0.15, 0.2) is 24.3 Å². The summed E-state index contributed by atoms with van der Waals surface area (Å²) in [4.78, 5) is 21.3. The Kier molecular flexibility index (Phi) is 5.46. The van der Waals surface area contributed by atoms with E-state index < -0.39 is 12.1 Å². The largest absolute Gasteiger partial charge is 0.492 e. The minimum atomic E-state index is -1.16. The Balaban J connectivity index is 2.31. The Bertz CT molecular complexity index is 404. The number of carbonyl (C=O) groups is 2. The Morgan fingerprint density at radius 1 is 1.28 bits per heavy atom. The quantitative estimate of drug-likeness (QED) is 0.391. The van der Waals surface area contributed by atoms with Crippen LogP contribution in [0.4, 0.5) is 4.79 Å². The molecule has 0 unspecified atom stereocenters. The van der Waals surface area contributed by atoms with Crippen molar-refractivity contribution in [3.05, 3.63) is 29.8 Å². The molecule has 0 aliphatic heterocycles. The summed E-state index contributed by atoms with van der Waals surface area (Å²) < 4.78 is 9.87. The first-order valence-corrected chi connectivity index (χ1v) is 5.16. The monoisotopic (exact) mass is 254 g/mol. The number of hydrazine groups is 1. The minimum absolute atomic E-state index is 0.290. The second-order valence-electron chi connectivity index (χ2n) is 3.22. The third kappa shape index (κ3) is 4.71. The van der Waals surface area contributed by atoms with Crippen molar-refractivity contribution in [1.29, 1.82) is 0 Å². The van der Waals surface area contributed by atoms with Gasteiger partial charge in [0.15, 0.2) is 0 Å². The number of hydrogen-bond donors (Lipinski definition) is 3. The van der Waals surface area contributed by atoms with Gasteiger partial charge in [0.25, 0.3) is 0 Å². The normalized spacial score (nSPS) is 9.61. The lowest BCUT2D eigenvalue weighted by Crippen LogP contribution is -2.38. The molecule has 0 saturated carbocycles. The molecule has 0 heterocycles. The number of carboxylic acid groups (broad SMARTS) is 1. The van der Waals surface area contributed by atoms with E-state index in [9.17, 15) is 9.59 Å². The third-order valence-corrected chi connectivity index (χ3v) is 1.97. The molecule has 0 aliphatic rings. The maximum atomic E-state index is 11.2. The Morgan fingerprint density at radius 3 is 2.50 bits per heavy atom. The highest BCUT2D eigenvalue weighted by Crippen LogP contribution is 2.12. The highest BCUT2D eigenvalue weighted by molar-refractivity contribution is 5.89. The van der Waals surface area contributed by atoms with E-state index in [0.29, 0.717) is 17.9 Å². The first-order chi connectivity index (χ1) is 8.63. The number of esters is 1. The number of amides is 1. The van der Waals surface area contributed by atoms with Crippen molar-refractivity contribution in [2.45, 2.75) is 0 Å². The van der Waals surface area contributed by atoms with Crippen molar-refractivity contribution in [1.82, 2.24) is 10.9 Å². The molecule has 1 aromatic rings. The van der Waals surface area contributed by atoms with Gasteiger partial charge in [0, 0.05) is 6.54 Å². The topological polar surface area (TPSA) is 96.9 Å². The zero-order valence-electron chi connectivity index (χ0n) is 9.80. The maximum absolute atomic E-state index is 11.2. The molecule has 1 rings (SSSR count). The molecule has 0 spiro atoms. The molecular weight excluding hydrogens is 240 g/mol. The summed E-state index contributed by atoms with van der Waals surface area (Å²) in [6.45, 7) is 0.614. The van der Waals surface area contributed by atoms with E-state index in [2.05, 4.69) is 10.2 Å². The van der Waals surface area contributed by atoms with Crippen LogP contribution in [-0.2, 0) is 4.74 Å². The van der Waals surface area contributed by atoms with Crippen LogP contribution in [0.5, 0.6) is 5.75 Å². The van der Waals surface area contributed by atoms with E-state index in [4.69, 9.17) is 9.84 Å². The van der Waals surface area contributed by atoms with Crippen LogP contribution in [-0.4, -0.2) is 37.4 Å². The molecule has 1 aromatic carbocycles.